The van der Waals surface area contributed by atoms with Crippen LogP contribution < -0.4 is 0 Å². The third kappa shape index (κ3) is 3.69. The van der Waals surface area contributed by atoms with E-state index in [1.54, 1.807) is 28.8 Å². The second-order valence-corrected chi connectivity index (χ2v) is 9.79. The van der Waals surface area contributed by atoms with Gasteiger partial charge in [0.25, 0.3) is 0 Å². The Morgan fingerprint density at radius 1 is 0.455 bits per heavy atom. The minimum Gasteiger partial charge on any atom is -0.309 e. The molecule has 0 saturated heterocycles. The monoisotopic (exact) mass is 578 g/mol. The van der Waals surface area contributed by atoms with Crippen LogP contribution in [0.15, 0.2) is 151 Å². The summed E-state index contributed by atoms with van der Waals surface area (Å²) in [5.74, 6) is -1.41. The lowest BCUT2D eigenvalue weighted by Gasteiger charge is -2.11. The van der Waals surface area contributed by atoms with E-state index >= 15 is 0 Å². The van der Waals surface area contributed by atoms with Crippen molar-refractivity contribution in [2.24, 2.45) is 0 Å². The van der Waals surface area contributed by atoms with Gasteiger partial charge in [0.2, 0.25) is 5.95 Å². The van der Waals surface area contributed by atoms with Gasteiger partial charge in [-0.2, -0.15) is 9.97 Å². The fourth-order valence-corrected chi connectivity index (χ4v) is 5.60. The minimum atomic E-state index is -0.712. The fourth-order valence-electron chi connectivity index (χ4n) is 5.60. The molecule has 3 aromatic heterocycles. The predicted molar refractivity (Wildman–Crippen MR) is 179 cm³/mol. The Labute approximate surface area is 274 Å². The van der Waals surface area contributed by atoms with Crippen molar-refractivity contribution in [1.29, 1.82) is 0 Å². The summed E-state index contributed by atoms with van der Waals surface area (Å²) in [5, 5.41) is 1.33. The van der Waals surface area contributed by atoms with Crippen molar-refractivity contribution in [2.75, 3.05) is 0 Å². The first kappa shape index (κ1) is 13.9. The number of aromatic nitrogens is 5. The molecule has 5 heteroatoms. The Bertz CT molecular complexity index is 3200. The van der Waals surface area contributed by atoms with Crippen LogP contribution in [0.2, 0.25) is 0 Å². The maximum absolute atomic E-state index is 9.43. The molecular weight excluding hydrogens is 538 g/mol. The second kappa shape index (κ2) is 9.75. The van der Waals surface area contributed by atoms with E-state index in [2.05, 4.69) is 15.0 Å². The van der Waals surface area contributed by atoms with Crippen LogP contribution in [0, 0.1) is 0 Å². The van der Waals surface area contributed by atoms with E-state index in [4.69, 9.17) is 17.8 Å². The summed E-state index contributed by atoms with van der Waals surface area (Å²) < 4.78 is 133. The Hall–Kier alpha value is -6.07. The first-order valence-electron chi connectivity index (χ1n) is 21.0. The molecule has 44 heavy (non-hydrogen) atoms. The van der Waals surface area contributed by atoms with Crippen LogP contribution in [-0.2, 0) is 0 Å². The van der Waals surface area contributed by atoms with E-state index in [1.807, 2.05) is 6.07 Å². The molecule has 206 valence electrons. The molecule has 5 nitrogen and oxygen atoms in total. The van der Waals surface area contributed by atoms with E-state index < -0.39 is 83.2 Å². The average molecular weight is 579 g/mol. The molecule has 6 aromatic carbocycles. The number of hydrogen-bond acceptors (Lipinski definition) is 3. The molecule has 0 aliphatic heterocycles. The second-order valence-electron chi connectivity index (χ2n) is 9.79. The molecule has 9 aromatic rings. The number of hydrogen-bond donors (Lipinski definition) is 0. The van der Waals surface area contributed by atoms with Gasteiger partial charge in [0.05, 0.1) is 42.6 Å². The van der Waals surface area contributed by atoms with Crippen molar-refractivity contribution in [3.8, 4) is 34.4 Å². The number of nitrogens with zero attached hydrogens (tertiary/aromatic N) is 5. The van der Waals surface area contributed by atoms with E-state index in [9.17, 15) is 2.74 Å². The highest BCUT2D eigenvalue weighted by Crippen LogP contribution is 2.41. The topological polar surface area (TPSA) is 48.5 Å². The predicted octanol–water partition coefficient (Wildman–Crippen LogP) is 9.40. The zero-order valence-corrected chi connectivity index (χ0v) is 22.5. The molecule has 0 saturated carbocycles. The number of fused-ring (bicyclic) bond motifs is 7. The van der Waals surface area contributed by atoms with E-state index in [0.717, 1.165) is 0 Å². The Morgan fingerprint density at radius 2 is 1.07 bits per heavy atom. The van der Waals surface area contributed by atoms with Gasteiger partial charge >= 0.3 is 0 Å². The lowest BCUT2D eigenvalue weighted by molar-refractivity contribution is 0.955. The summed E-state index contributed by atoms with van der Waals surface area (Å²) in [7, 11) is 0. The molecule has 0 spiro atoms. The van der Waals surface area contributed by atoms with E-state index in [-0.39, 0.29) is 47.2 Å². The third-order valence-electron chi connectivity index (χ3n) is 7.37. The van der Waals surface area contributed by atoms with Crippen molar-refractivity contribution in [2.45, 2.75) is 0 Å². The maximum atomic E-state index is 9.43. The SMILES string of the molecule is [2H]c1cc([2H])c2c(c1)c1c(c([2H])cc3c4cc([2H])cc([2H])c4n(-c4nc(-c5c([2H])c([2H])c([2H])c([2H])c5[2H])nc(-c5c([2H])c([2H])c([2H])c([2H])c5[2H])n4)c31)n2-c1ccccc1. The largest absolute Gasteiger partial charge is 0.309 e. The first-order chi connectivity index (χ1) is 28.0. The van der Waals surface area contributed by atoms with Crippen LogP contribution in [0.5, 0.6) is 0 Å². The van der Waals surface area contributed by atoms with Crippen LogP contribution in [0.25, 0.3) is 78.0 Å². The summed E-state index contributed by atoms with van der Waals surface area (Å²) >= 11 is 0. The standard InChI is InChI=1S/C39H25N5/c1-4-14-26(15-5-1)37-40-38(27-16-6-2-7-17-27)42-39(41-37)44-32-22-12-10-20-29(32)30-24-25-34-35(36(30)44)31-21-11-13-23-33(31)43(34)28-18-8-3-9-19-28/h1-25H/i1D,2D,4D,5D,6D,7D,10D,11D,14D,15D,16D,17D,22D,23D,25D. The molecule has 0 atom stereocenters. The molecule has 0 amide bonds. The van der Waals surface area contributed by atoms with Crippen LogP contribution in [-0.4, -0.2) is 24.1 Å². The molecule has 0 radical (unpaired) electrons. The van der Waals surface area contributed by atoms with Gasteiger partial charge in [-0.1, -0.05) is 121 Å². The van der Waals surface area contributed by atoms with Gasteiger partial charge in [0.1, 0.15) is 0 Å². The summed E-state index contributed by atoms with van der Waals surface area (Å²) in [6.45, 7) is 0. The summed E-state index contributed by atoms with van der Waals surface area (Å²) in [5.41, 5.74) is 0.613. The minimum absolute atomic E-state index is 0.00488. The smallest absolute Gasteiger partial charge is 0.238 e. The lowest BCUT2D eigenvalue weighted by Crippen LogP contribution is -2.06. The van der Waals surface area contributed by atoms with Gasteiger partial charge in [-0.25, -0.2) is 4.98 Å². The molecule has 0 N–H and O–H groups in total. The fraction of sp³-hybridized carbons (Fsp3) is 0. The van der Waals surface area contributed by atoms with Gasteiger partial charge in [-0.3, -0.25) is 4.57 Å². The molecule has 0 aliphatic rings. The average Bonchev–Trinajstić information content (AvgIpc) is 3.72. The van der Waals surface area contributed by atoms with Crippen molar-refractivity contribution in [3.63, 3.8) is 0 Å². The highest BCUT2D eigenvalue weighted by atomic mass is 15.2. The van der Waals surface area contributed by atoms with Gasteiger partial charge in [0, 0.05) is 38.4 Å². The number of benzene rings is 6. The summed E-state index contributed by atoms with van der Waals surface area (Å²) in [6, 6.07) is 8.89. The molecule has 0 unspecified atom stereocenters. The van der Waals surface area contributed by atoms with Crippen molar-refractivity contribution in [1.82, 2.24) is 24.1 Å². The number of para-hydroxylation sites is 3. The summed E-state index contributed by atoms with van der Waals surface area (Å²) in [6.07, 6.45) is 0. The van der Waals surface area contributed by atoms with Gasteiger partial charge in [-0.15, -0.1) is 0 Å². The molecule has 0 fully saturated rings. The molecule has 0 aliphatic carbocycles. The number of rotatable bonds is 4. The quantitative estimate of drug-likeness (QED) is 0.209. The zero-order chi connectivity index (χ0) is 42.1. The van der Waals surface area contributed by atoms with Crippen LogP contribution in [0.1, 0.15) is 20.6 Å². The highest BCUT2D eigenvalue weighted by molar-refractivity contribution is 6.26. The molecule has 3 heterocycles. The Morgan fingerprint density at radius 3 is 1.73 bits per heavy atom. The molecule has 9 rings (SSSR count). The molecular formula is C39H25N5. The van der Waals surface area contributed by atoms with Crippen LogP contribution in [0.4, 0.5) is 0 Å². The third-order valence-corrected chi connectivity index (χ3v) is 7.37. The first-order valence-corrected chi connectivity index (χ1v) is 13.5. The van der Waals surface area contributed by atoms with Crippen LogP contribution >= 0.6 is 0 Å². The van der Waals surface area contributed by atoms with Crippen molar-refractivity contribution in [3.05, 3.63) is 151 Å². The van der Waals surface area contributed by atoms with Crippen molar-refractivity contribution < 1.29 is 20.6 Å². The van der Waals surface area contributed by atoms with E-state index in [1.165, 1.54) is 34.9 Å². The van der Waals surface area contributed by atoms with Crippen molar-refractivity contribution >= 4 is 43.6 Å². The Balaban J connectivity index is 1.55. The maximum Gasteiger partial charge on any atom is 0.238 e. The Kier molecular flexibility index (Phi) is 3.09. The normalized spacial score (nSPS) is 16.4. The zero-order valence-electron chi connectivity index (χ0n) is 37.5. The van der Waals surface area contributed by atoms with Gasteiger partial charge < -0.3 is 4.57 Å². The molecule has 0 bridgehead atoms. The lowest BCUT2D eigenvalue weighted by atomic mass is 10.1. The van der Waals surface area contributed by atoms with Gasteiger partial charge in [0.15, 0.2) is 11.6 Å². The van der Waals surface area contributed by atoms with Crippen LogP contribution in [0.3, 0.4) is 0 Å². The van der Waals surface area contributed by atoms with E-state index in [0.29, 0.717) is 38.3 Å². The summed E-state index contributed by atoms with van der Waals surface area (Å²) in [4.78, 5) is 13.7. The highest BCUT2D eigenvalue weighted by Gasteiger charge is 2.22. The van der Waals surface area contributed by atoms with Gasteiger partial charge in [-0.05, 0) is 30.3 Å².